The van der Waals surface area contributed by atoms with Crippen LogP contribution in [0.25, 0.3) is 22.1 Å². The second kappa shape index (κ2) is 4.99. The topological polar surface area (TPSA) is 95.4 Å². The van der Waals surface area contributed by atoms with Gasteiger partial charge in [-0.2, -0.15) is 0 Å². The molecule has 0 spiro atoms. The minimum Gasteiger partial charge on any atom is -0.545 e. The normalized spacial score (nSPS) is 11.0. The highest BCUT2D eigenvalue weighted by Crippen LogP contribution is 2.28. The molecule has 1 N–H and O–H groups in total. The molecule has 6 nitrogen and oxygen atoms in total. The van der Waals surface area contributed by atoms with Crippen molar-refractivity contribution in [2.75, 3.05) is 7.11 Å². The standard InChI is InChI=1S/C15H12N2O4/c1-21-11-6-5-8(7-18)12-14(11)17-13-9(15(19)20)3-2-4-10(13)16-12/h2-6,18H,7H2,1H3,(H,19,20)/p-1. The predicted octanol–water partition coefficient (Wildman–Crippen LogP) is 0.647. The molecule has 0 unspecified atom stereocenters. The molecule has 3 rings (SSSR count). The SMILES string of the molecule is COc1ccc(CO)c2nc3cccc(C(=O)[O-])c3nc12. The molecule has 0 aliphatic rings. The Balaban J connectivity index is 2.48. The van der Waals surface area contributed by atoms with E-state index in [4.69, 9.17) is 4.74 Å². The van der Waals surface area contributed by atoms with Crippen LogP contribution in [0.2, 0.25) is 0 Å². The first-order valence-corrected chi connectivity index (χ1v) is 6.24. The van der Waals surface area contributed by atoms with Crippen LogP contribution in [0, 0.1) is 0 Å². The number of benzene rings is 2. The summed E-state index contributed by atoms with van der Waals surface area (Å²) in [7, 11) is 1.49. The highest BCUT2D eigenvalue weighted by Gasteiger charge is 2.13. The number of carboxylic acid groups (broad SMARTS) is 1. The molecule has 0 saturated heterocycles. The minimum absolute atomic E-state index is 0.0293. The maximum absolute atomic E-state index is 11.2. The molecule has 2 aromatic carbocycles. The van der Waals surface area contributed by atoms with Gasteiger partial charge in [-0.1, -0.05) is 18.2 Å². The van der Waals surface area contributed by atoms with Gasteiger partial charge in [-0.15, -0.1) is 0 Å². The Labute approximate surface area is 119 Å². The lowest BCUT2D eigenvalue weighted by Gasteiger charge is -2.11. The zero-order valence-electron chi connectivity index (χ0n) is 11.2. The van der Waals surface area contributed by atoms with Crippen LogP contribution in [0.1, 0.15) is 15.9 Å². The first-order chi connectivity index (χ1) is 10.2. The number of carboxylic acids is 1. The summed E-state index contributed by atoms with van der Waals surface area (Å²) in [6.07, 6.45) is 0. The first-order valence-electron chi connectivity index (χ1n) is 6.24. The molecule has 1 aromatic heterocycles. The van der Waals surface area contributed by atoms with Crippen LogP contribution in [0.4, 0.5) is 0 Å². The van der Waals surface area contributed by atoms with Gasteiger partial charge in [-0.3, -0.25) is 0 Å². The van der Waals surface area contributed by atoms with Crippen molar-refractivity contribution in [3.63, 3.8) is 0 Å². The third-order valence-corrected chi connectivity index (χ3v) is 3.28. The molecule has 6 heteroatoms. The summed E-state index contributed by atoms with van der Waals surface area (Å²) in [6, 6.07) is 8.02. The highest BCUT2D eigenvalue weighted by atomic mass is 16.5. The van der Waals surface area contributed by atoms with Crippen LogP contribution in [0.3, 0.4) is 0 Å². The summed E-state index contributed by atoms with van der Waals surface area (Å²) in [6.45, 7) is -0.194. The number of methoxy groups -OCH3 is 1. The number of ether oxygens (including phenoxy) is 1. The average molecular weight is 283 g/mol. The number of nitrogens with zero attached hydrogens (tertiary/aromatic N) is 2. The van der Waals surface area contributed by atoms with Gasteiger partial charge in [0.15, 0.2) is 0 Å². The minimum atomic E-state index is -1.31. The van der Waals surface area contributed by atoms with Crippen molar-refractivity contribution in [3.8, 4) is 5.75 Å². The third-order valence-electron chi connectivity index (χ3n) is 3.28. The molecule has 0 atom stereocenters. The van der Waals surface area contributed by atoms with Gasteiger partial charge in [0.2, 0.25) is 0 Å². The van der Waals surface area contributed by atoms with E-state index in [0.717, 1.165) is 0 Å². The van der Waals surface area contributed by atoms with Gasteiger partial charge in [-0.25, -0.2) is 9.97 Å². The van der Waals surface area contributed by atoms with Crippen molar-refractivity contribution < 1.29 is 19.7 Å². The summed E-state index contributed by atoms with van der Waals surface area (Å²) in [5.74, 6) is -0.851. The van der Waals surface area contributed by atoms with E-state index in [-0.39, 0.29) is 17.7 Å². The Morgan fingerprint density at radius 2 is 2.00 bits per heavy atom. The second-order valence-corrected chi connectivity index (χ2v) is 4.47. The third kappa shape index (κ3) is 2.05. The van der Waals surface area contributed by atoms with E-state index in [2.05, 4.69) is 9.97 Å². The molecule has 1 heterocycles. The molecule has 0 saturated carbocycles. The van der Waals surface area contributed by atoms with E-state index in [9.17, 15) is 15.0 Å². The van der Waals surface area contributed by atoms with Crippen molar-refractivity contribution in [3.05, 3.63) is 41.5 Å². The lowest BCUT2D eigenvalue weighted by atomic mass is 10.1. The molecule has 0 amide bonds. The van der Waals surface area contributed by atoms with Crippen LogP contribution in [0.5, 0.6) is 5.75 Å². The first kappa shape index (κ1) is 13.3. The quantitative estimate of drug-likeness (QED) is 0.709. The van der Waals surface area contributed by atoms with Crippen molar-refractivity contribution in [2.45, 2.75) is 6.61 Å². The zero-order chi connectivity index (χ0) is 15.0. The Morgan fingerprint density at radius 3 is 2.67 bits per heavy atom. The lowest BCUT2D eigenvalue weighted by Crippen LogP contribution is -2.22. The van der Waals surface area contributed by atoms with E-state index < -0.39 is 5.97 Å². The van der Waals surface area contributed by atoms with E-state index >= 15 is 0 Å². The van der Waals surface area contributed by atoms with Gasteiger partial charge >= 0.3 is 0 Å². The summed E-state index contributed by atoms with van der Waals surface area (Å²) in [4.78, 5) is 19.9. The molecular formula is C15H11N2O4-. The highest BCUT2D eigenvalue weighted by molar-refractivity contribution is 6.02. The second-order valence-electron chi connectivity index (χ2n) is 4.47. The number of aromatic carboxylic acids is 1. The number of carbonyl (C=O) groups excluding carboxylic acids is 1. The lowest BCUT2D eigenvalue weighted by molar-refractivity contribution is -0.254. The largest absolute Gasteiger partial charge is 0.545 e. The monoisotopic (exact) mass is 283 g/mol. The molecule has 0 radical (unpaired) electrons. The van der Waals surface area contributed by atoms with Gasteiger partial charge in [0.1, 0.15) is 11.3 Å². The smallest absolute Gasteiger partial charge is 0.146 e. The summed E-state index contributed by atoms with van der Waals surface area (Å²) >= 11 is 0. The summed E-state index contributed by atoms with van der Waals surface area (Å²) < 4.78 is 5.23. The van der Waals surface area contributed by atoms with Gasteiger partial charge in [0, 0.05) is 11.1 Å². The van der Waals surface area contributed by atoms with Crippen molar-refractivity contribution in [2.24, 2.45) is 0 Å². The fourth-order valence-corrected chi connectivity index (χ4v) is 2.26. The molecular weight excluding hydrogens is 272 g/mol. The van der Waals surface area contributed by atoms with E-state index in [1.54, 1.807) is 24.3 Å². The molecule has 3 aromatic rings. The number of carbonyl (C=O) groups is 1. The molecule has 0 aliphatic heterocycles. The maximum Gasteiger partial charge on any atom is 0.146 e. The van der Waals surface area contributed by atoms with Crippen LogP contribution < -0.4 is 9.84 Å². The number of rotatable bonds is 3. The molecule has 0 bridgehead atoms. The van der Waals surface area contributed by atoms with Crippen LogP contribution in [0.15, 0.2) is 30.3 Å². The summed E-state index contributed by atoms with van der Waals surface area (Å²) in [5.41, 5.74) is 2.12. The Bertz CT molecular complexity index is 861. The Hall–Kier alpha value is -2.73. The zero-order valence-corrected chi connectivity index (χ0v) is 11.2. The van der Waals surface area contributed by atoms with E-state index in [1.807, 2.05) is 0 Å². The van der Waals surface area contributed by atoms with Crippen molar-refractivity contribution in [1.29, 1.82) is 0 Å². The van der Waals surface area contributed by atoms with Gasteiger partial charge in [0.05, 0.1) is 36.2 Å². The fourth-order valence-electron chi connectivity index (χ4n) is 2.26. The number of aliphatic hydroxyl groups is 1. The summed E-state index contributed by atoms with van der Waals surface area (Å²) in [5, 5.41) is 20.6. The van der Waals surface area contributed by atoms with Gasteiger partial charge in [0.25, 0.3) is 0 Å². The number of fused-ring (bicyclic) bond motifs is 2. The fraction of sp³-hybridized carbons (Fsp3) is 0.133. The van der Waals surface area contributed by atoms with Gasteiger partial charge in [-0.05, 0) is 12.1 Å². The van der Waals surface area contributed by atoms with Crippen LogP contribution in [-0.4, -0.2) is 28.2 Å². The average Bonchev–Trinajstić information content (AvgIpc) is 2.51. The van der Waals surface area contributed by atoms with E-state index in [0.29, 0.717) is 27.9 Å². The van der Waals surface area contributed by atoms with Crippen molar-refractivity contribution >= 4 is 28.0 Å². The van der Waals surface area contributed by atoms with Crippen LogP contribution >= 0.6 is 0 Å². The van der Waals surface area contributed by atoms with E-state index in [1.165, 1.54) is 13.2 Å². The molecule has 0 aliphatic carbocycles. The Morgan fingerprint density at radius 1 is 1.19 bits per heavy atom. The maximum atomic E-state index is 11.2. The van der Waals surface area contributed by atoms with Crippen molar-refractivity contribution in [1.82, 2.24) is 9.97 Å². The van der Waals surface area contributed by atoms with Gasteiger partial charge < -0.3 is 19.7 Å². The number of aromatic nitrogens is 2. The van der Waals surface area contributed by atoms with Crippen LogP contribution in [-0.2, 0) is 6.61 Å². The number of aliphatic hydroxyl groups excluding tert-OH is 1. The number of hydrogen-bond acceptors (Lipinski definition) is 6. The molecule has 106 valence electrons. The molecule has 21 heavy (non-hydrogen) atoms. The Kier molecular flexibility index (Phi) is 3.15. The molecule has 0 fully saturated rings. The number of para-hydroxylation sites is 1. The predicted molar refractivity (Wildman–Crippen MR) is 73.8 cm³/mol. The number of hydrogen-bond donors (Lipinski definition) is 1.